The molecule has 0 aliphatic carbocycles. The van der Waals surface area contributed by atoms with E-state index in [1.165, 1.54) is 32.4 Å². The Balaban J connectivity index is 2.06. The number of rotatable bonds is 4. The van der Waals surface area contributed by atoms with Crippen molar-refractivity contribution in [3.05, 3.63) is 0 Å². The molecule has 1 rings (SSSR count). The monoisotopic (exact) mass is 190 g/mol. The summed E-state index contributed by atoms with van der Waals surface area (Å²) in [5, 5.41) is 3.16. The highest BCUT2D eigenvalue weighted by Crippen LogP contribution is 2.17. The molecule has 1 saturated heterocycles. The second-order valence-corrected chi connectivity index (χ2v) is 3.96. The average Bonchev–Trinajstić information content (AvgIpc) is 2.05. The lowest BCUT2D eigenvalue weighted by Crippen LogP contribution is -2.33. The largest absolute Gasteiger partial charge is 0.306 e. The lowest BCUT2D eigenvalue weighted by Gasteiger charge is -2.29. The van der Waals surface area contributed by atoms with Crippen LogP contribution in [0.2, 0.25) is 0 Å². The fourth-order valence-electron chi connectivity index (χ4n) is 1.88. The van der Waals surface area contributed by atoms with Gasteiger partial charge in [0.05, 0.1) is 6.00 Å². The molecule has 12 heavy (non-hydrogen) atoms. The van der Waals surface area contributed by atoms with E-state index in [1.807, 2.05) is 0 Å². The maximum atomic E-state index is 5.53. The van der Waals surface area contributed by atoms with E-state index in [0.717, 1.165) is 12.5 Å². The van der Waals surface area contributed by atoms with E-state index in [9.17, 15) is 0 Å². The Kier molecular flexibility index (Phi) is 4.96. The van der Waals surface area contributed by atoms with E-state index in [-0.39, 0.29) is 0 Å². The summed E-state index contributed by atoms with van der Waals surface area (Å²) >= 11 is 5.53. The molecule has 0 saturated carbocycles. The lowest BCUT2D eigenvalue weighted by molar-refractivity contribution is 0.202. The van der Waals surface area contributed by atoms with Gasteiger partial charge in [-0.2, -0.15) is 0 Å². The smallest absolute Gasteiger partial charge is 0.0713 e. The van der Waals surface area contributed by atoms with E-state index < -0.39 is 0 Å². The van der Waals surface area contributed by atoms with Crippen molar-refractivity contribution in [3.8, 4) is 0 Å². The van der Waals surface area contributed by atoms with Crippen LogP contribution in [0.3, 0.4) is 0 Å². The zero-order chi connectivity index (χ0) is 8.81. The summed E-state index contributed by atoms with van der Waals surface area (Å²) in [5.41, 5.74) is 0. The first kappa shape index (κ1) is 10.3. The molecule has 2 nitrogen and oxygen atoms in total. The molecule has 0 aromatic carbocycles. The molecule has 0 aromatic heterocycles. The Morgan fingerprint density at radius 2 is 2.42 bits per heavy atom. The standard InChI is InChI=1S/C9H19ClN2/c1-12-6-2-3-9(7-12)4-5-11-8-10/h9,11H,2-8H2,1H3. The first-order valence-electron chi connectivity index (χ1n) is 4.78. The van der Waals surface area contributed by atoms with Crippen molar-refractivity contribution in [1.29, 1.82) is 0 Å². The maximum Gasteiger partial charge on any atom is 0.0713 e. The topological polar surface area (TPSA) is 15.3 Å². The number of alkyl halides is 1. The van der Waals surface area contributed by atoms with Gasteiger partial charge in [0.2, 0.25) is 0 Å². The van der Waals surface area contributed by atoms with Crippen molar-refractivity contribution in [2.24, 2.45) is 5.92 Å². The molecule has 0 bridgehead atoms. The van der Waals surface area contributed by atoms with E-state index in [2.05, 4.69) is 17.3 Å². The minimum absolute atomic E-state index is 0.586. The van der Waals surface area contributed by atoms with Crippen LogP contribution in [0.4, 0.5) is 0 Å². The van der Waals surface area contributed by atoms with Crippen LogP contribution in [0.25, 0.3) is 0 Å². The second-order valence-electron chi connectivity index (χ2n) is 3.69. The van der Waals surface area contributed by atoms with Gasteiger partial charge < -0.3 is 10.2 Å². The number of nitrogens with one attached hydrogen (secondary N) is 1. The third kappa shape index (κ3) is 3.74. The molecule has 0 aromatic rings. The summed E-state index contributed by atoms with van der Waals surface area (Å²) in [4.78, 5) is 2.43. The molecular formula is C9H19ClN2. The van der Waals surface area contributed by atoms with Crippen molar-refractivity contribution < 1.29 is 0 Å². The SMILES string of the molecule is CN1CCCC(CCNCCl)C1. The number of hydrogen-bond acceptors (Lipinski definition) is 2. The second kappa shape index (κ2) is 5.79. The van der Waals surface area contributed by atoms with E-state index in [4.69, 9.17) is 11.6 Å². The fourth-order valence-corrected chi connectivity index (χ4v) is 2.02. The third-order valence-corrected chi connectivity index (χ3v) is 2.73. The summed E-state index contributed by atoms with van der Waals surface area (Å²) in [6.45, 7) is 3.62. The zero-order valence-corrected chi connectivity index (χ0v) is 8.61. The number of hydrogen-bond donors (Lipinski definition) is 1. The number of halogens is 1. The van der Waals surface area contributed by atoms with Gasteiger partial charge in [0.25, 0.3) is 0 Å². The summed E-state index contributed by atoms with van der Waals surface area (Å²) in [5.74, 6) is 0.888. The average molecular weight is 191 g/mol. The zero-order valence-electron chi connectivity index (χ0n) is 7.85. The van der Waals surface area contributed by atoms with Crippen LogP contribution in [0.1, 0.15) is 19.3 Å². The quantitative estimate of drug-likeness (QED) is 0.411. The lowest BCUT2D eigenvalue weighted by atomic mass is 9.95. The Hall–Kier alpha value is 0.210. The van der Waals surface area contributed by atoms with Gasteiger partial charge in [-0.3, -0.25) is 0 Å². The molecule has 0 spiro atoms. The molecule has 3 heteroatoms. The molecule has 1 unspecified atom stereocenters. The highest BCUT2D eigenvalue weighted by molar-refractivity contribution is 6.17. The van der Waals surface area contributed by atoms with Gasteiger partial charge in [0.15, 0.2) is 0 Å². The summed E-state index contributed by atoms with van der Waals surface area (Å²) in [6, 6.07) is 0.586. The number of piperidine rings is 1. The Morgan fingerprint density at radius 1 is 1.58 bits per heavy atom. The third-order valence-electron chi connectivity index (χ3n) is 2.55. The molecular weight excluding hydrogens is 172 g/mol. The van der Waals surface area contributed by atoms with Crippen molar-refractivity contribution >= 4 is 11.6 Å². The predicted octanol–water partition coefficient (Wildman–Crippen LogP) is 1.50. The Labute approximate surface area is 80.3 Å². The fraction of sp³-hybridized carbons (Fsp3) is 1.00. The van der Waals surface area contributed by atoms with Crippen LogP contribution in [-0.2, 0) is 0 Å². The minimum Gasteiger partial charge on any atom is -0.306 e. The predicted molar refractivity (Wildman–Crippen MR) is 53.6 cm³/mol. The first-order chi connectivity index (χ1) is 5.83. The molecule has 0 radical (unpaired) electrons. The normalized spacial score (nSPS) is 26.0. The van der Waals surface area contributed by atoms with Crippen LogP contribution in [0.15, 0.2) is 0 Å². The number of nitrogens with zero attached hydrogens (tertiary/aromatic N) is 1. The molecule has 1 atom stereocenters. The number of likely N-dealkylation sites (tertiary alicyclic amines) is 1. The highest BCUT2D eigenvalue weighted by atomic mass is 35.5. The molecule has 0 amide bonds. The van der Waals surface area contributed by atoms with Crippen molar-refractivity contribution in [1.82, 2.24) is 10.2 Å². The van der Waals surface area contributed by atoms with Gasteiger partial charge in [0, 0.05) is 6.54 Å². The van der Waals surface area contributed by atoms with E-state index in [0.29, 0.717) is 6.00 Å². The molecule has 72 valence electrons. The summed E-state index contributed by atoms with van der Waals surface area (Å²) in [6.07, 6.45) is 4.04. The molecule has 1 N–H and O–H groups in total. The van der Waals surface area contributed by atoms with E-state index >= 15 is 0 Å². The van der Waals surface area contributed by atoms with Crippen LogP contribution in [-0.4, -0.2) is 37.6 Å². The van der Waals surface area contributed by atoms with Crippen molar-refractivity contribution in [2.75, 3.05) is 32.7 Å². The van der Waals surface area contributed by atoms with Crippen LogP contribution in [0.5, 0.6) is 0 Å². The van der Waals surface area contributed by atoms with Gasteiger partial charge in [-0.05, 0) is 45.3 Å². The van der Waals surface area contributed by atoms with Gasteiger partial charge in [-0.15, -0.1) is 11.6 Å². The van der Waals surface area contributed by atoms with Crippen LogP contribution >= 0.6 is 11.6 Å². The minimum atomic E-state index is 0.586. The van der Waals surface area contributed by atoms with Crippen LogP contribution < -0.4 is 5.32 Å². The van der Waals surface area contributed by atoms with Crippen molar-refractivity contribution in [2.45, 2.75) is 19.3 Å². The molecule has 1 heterocycles. The first-order valence-corrected chi connectivity index (χ1v) is 5.31. The van der Waals surface area contributed by atoms with E-state index in [1.54, 1.807) is 0 Å². The maximum absolute atomic E-state index is 5.53. The Bertz CT molecular complexity index is 119. The Morgan fingerprint density at radius 3 is 3.08 bits per heavy atom. The van der Waals surface area contributed by atoms with Gasteiger partial charge in [-0.1, -0.05) is 0 Å². The van der Waals surface area contributed by atoms with Crippen LogP contribution in [0, 0.1) is 5.92 Å². The summed E-state index contributed by atoms with van der Waals surface area (Å²) in [7, 11) is 2.21. The van der Waals surface area contributed by atoms with Gasteiger partial charge in [0.1, 0.15) is 0 Å². The van der Waals surface area contributed by atoms with Gasteiger partial charge in [-0.25, -0.2) is 0 Å². The van der Waals surface area contributed by atoms with Gasteiger partial charge >= 0.3 is 0 Å². The van der Waals surface area contributed by atoms with Crippen molar-refractivity contribution in [3.63, 3.8) is 0 Å². The molecule has 1 fully saturated rings. The highest BCUT2D eigenvalue weighted by Gasteiger charge is 2.15. The molecule has 1 aliphatic rings. The molecule has 1 aliphatic heterocycles. The summed E-state index contributed by atoms with van der Waals surface area (Å²) < 4.78 is 0.